The summed E-state index contributed by atoms with van der Waals surface area (Å²) >= 11 is 2.40. The van der Waals surface area contributed by atoms with Gasteiger partial charge in [-0.15, -0.1) is 0 Å². The van der Waals surface area contributed by atoms with Crippen LogP contribution in [-0.2, 0) is 11.3 Å². The van der Waals surface area contributed by atoms with Gasteiger partial charge in [-0.25, -0.2) is 4.79 Å². The van der Waals surface area contributed by atoms with Crippen molar-refractivity contribution in [1.82, 2.24) is 4.90 Å². The van der Waals surface area contributed by atoms with E-state index in [-0.39, 0.29) is 10.0 Å². The van der Waals surface area contributed by atoms with Crippen LogP contribution >= 0.6 is 22.6 Å². The standard InChI is InChI=1S/C18H24INO3/c1-18(2,3)23-17(21)20-9-13-6-7-14(22-11-12-4-5-12)8-15(13)16(19)10-20/h6-8,12,16H,4-5,9-11H2,1-3H3. The summed E-state index contributed by atoms with van der Waals surface area (Å²) in [5, 5.41) is 0. The first-order chi connectivity index (χ1) is 10.8. The van der Waals surface area contributed by atoms with Gasteiger partial charge in [0.15, 0.2) is 0 Å². The molecule has 1 aliphatic carbocycles. The predicted octanol–water partition coefficient (Wildman–Crippen LogP) is 4.70. The average molecular weight is 429 g/mol. The van der Waals surface area contributed by atoms with Gasteiger partial charge in [-0.1, -0.05) is 28.7 Å². The Hall–Kier alpha value is -0.980. The molecule has 0 spiro atoms. The topological polar surface area (TPSA) is 38.8 Å². The van der Waals surface area contributed by atoms with Crippen LogP contribution in [0.3, 0.4) is 0 Å². The molecule has 1 heterocycles. The van der Waals surface area contributed by atoms with Crippen LogP contribution in [0, 0.1) is 5.92 Å². The predicted molar refractivity (Wildman–Crippen MR) is 98.1 cm³/mol. The van der Waals surface area contributed by atoms with Crippen LogP contribution in [0.25, 0.3) is 0 Å². The quantitative estimate of drug-likeness (QED) is 0.517. The summed E-state index contributed by atoms with van der Waals surface area (Å²) in [6, 6.07) is 6.24. The molecule has 0 aromatic heterocycles. The number of nitrogens with zero attached hydrogens (tertiary/aromatic N) is 1. The van der Waals surface area contributed by atoms with Crippen LogP contribution in [-0.4, -0.2) is 29.7 Å². The second-order valence-electron chi connectivity index (χ2n) is 7.44. The zero-order valence-corrected chi connectivity index (χ0v) is 16.1. The van der Waals surface area contributed by atoms with E-state index in [4.69, 9.17) is 9.47 Å². The largest absolute Gasteiger partial charge is 0.493 e. The van der Waals surface area contributed by atoms with E-state index < -0.39 is 5.60 Å². The Bertz CT molecular complexity index is 592. The summed E-state index contributed by atoms with van der Waals surface area (Å²) in [5.41, 5.74) is 2.00. The molecule has 2 aliphatic rings. The summed E-state index contributed by atoms with van der Waals surface area (Å²) in [4.78, 5) is 14.1. The number of alkyl halides is 1. The first-order valence-electron chi connectivity index (χ1n) is 8.19. The van der Waals surface area contributed by atoms with Gasteiger partial charge in [-0.2, -0.15) is 0 Å². The van der Waals surface area contributed by atoms with Crippen molar-refractivity contribution in [3.05, 3.63) is 29.3 Å². The van der Waals surface area contributed by atoms with Gasteiger partial charge >= 0.3 is 6.09 Å². The van der Waals surface area contributed by atoms with Gasteiger partial charge in [0.2, 0.25) is 0 Å². The normalized spacial score (nSPS) is 20.9. The highest BCUT2D eigenvalue weighted by molar-refractivity contribution is 14.1. The number of carbonyl (C=O) groups excluding carboxylic acids is 1. The number of hydrogen-bond acceptors (Lipinski definition) is 3. The van der Waals surface area contributed by atoms with Crippen molar-refractivity contribution in [2.75, 3.05) is 13.2 Å². The van der Waals surface area contributed by atoms with Crippen molar-refractivity contribution >= 4 is 28.7 Å². The van der Waals surface area contributed by atoms with Crippen molar-refractivity contribution in [3.63, 3.8) is 0 Å². The van der Waals surface area contributed by atoms with Crippen LogP contribution in [0.15, 0.2) is 18.2 Å². The summed E-state index contributed by atoms with van der Waals surface area (Å²) in [6.45, 7) is 7.80. The molecule has 1 amide bonds. The Kier molecular flexibility index (Phi) is 4.76. The van der Waals surface area contributed by atoms with E-state index in [2.05, 4.69) is 34.7 Å². The fourth-order valence-electron chi connectivity index (χ4n) is 2.62. The van der Waals surface area contributed by atoms with Gasteiger partial charge < -0.3 is 14.4 Å². The number of rotatable bonds is 3. The fraction of sp³-hybridized carbons (Fsp3) is 0.611. The number of halogens is 1. The summed E-state index contributed by atoms with van der Waals surface area (Å²) < 4.78 is 11.6. The molecule has 1 saturated carbocycles. The van der Waals surface area contributed by atoms with Gasteiger partial charge in [0.25, 0.3) is 0 Å². The first-order valence-corrected chi connectivity index (χ1v) is 9.44. The Morgan fingerprint density at radius 1 is 1.35 bits per heavy atom. The van der Waals surface area contributed by atoms with E-state index in [1.807, 2.05) is 26.8 Å². The van der Waals surface area contributed by atoms with Crippen LogP contribution in [0.1, 0.15) is 48.7 Å². The molecule has 1 unspecified atom stereocenters. The van der Waals surface area contributed by atoms with E-state index in [1.165, 1.54) is 24.0 Å². The van der Waals surface area contributed by atoms with E-state index in [9.17, 15) is 4.79 Å². The molecule has 0 N–H and O–H groups in total. The Morgan fingerprint density at radius 3 is 2.74 bits per heavy atom. The number of ether oxygens (including phenoxy) is 2. The second kappa shape index (κ2) is 6.49. The monoisotopic (exact) mass is 429 g/mol. The zero-order chi connectivity index (χ0) is 16.6. The van der Waals surface area contributed by atoms with Crippen molar-refractivity contribution in [1.29, 1.82) is 0 Å². The Balaban J connectivity index is 1.68. The van der Waals surface area contributed by atoms with Gasteiger partial charge in [0.05, 0.1) is 10.5 Å². The molecule has 1 aromatic carbocycles. The average Bonchev–Trinajstić information content (AvgIpc) is 3.27. The van der Waals surface area contributed by atoms with Crippen molar-refractivity contribution in [2.24, 2.45) is 5.92 Å². The van der Waals surface area contributed by atoms with E-state index in [0.717, 1.165) is 18.3 Å². The number of benzene rings is 1. The minimum atomic E-state index is -0.460. The summed E-state index contributed by atoms with van der Waals surface area (Å²) in [6.07, 6.45) is 2.36. The number of hydrogen-bond donors (Lipinski definition) is 0. The molecule has 5 heteroatoms. The lowest BCUT2D eigenvalue weighted by Crippen LogP contribution is -2.40. The van der Waals surface area contributed by atoms with E-state index in [1.54, 1.807) is 4.90 Å². The minimum Gasteiger partial charge on any atom is -0.493 e. The fourth-order valence-corrected chi connectivity index (χ4v) is 3.68. The lowest BCUT2D eigenvalue weighted by molar-refractivity contribution is 0.0224. The van der Waals surface area contributed by atoms with Crippen LogP contribution < -0.4 is 4.74 Å². The third-order valence-electron chi connectivity index (χ3n) is 4.03. The lowest BCUT2D eigenvalue weighted by Gasteiger charge is -2.33. The maximum atomic E-state index is 12.3. The molecular weight excluding hydrogens is 405 g/mol. The second-order valence-corrected chi connectivity index (χ2v) is 8.95. The zero-order valence-electron chi connectivity index (χ0n) is 14.0. The van der Waals surface area contributed by atoms with Gasteiger partial charge in [-0.3, -0.25) is 0 Å². The molecule has 1 aliphatic heterocycles. The molecule has 1 fully saturated rings. The number of carbonyl (C=O) groups is 1. The highest BCUT2D eigenvalue weighted by atomic mass is 127. The smallest absolute Gasteiger partial charge is 0.410 e. The highest BCUT2D eigenvalue weighted by Gasteiger charge is 2.30. The van der Waals surface area contributed by atoms with Gasteiger partial charge in [0, 0.05) is 13.1 Å². The molecule has 0 saturated heterocycles. The van der Waals surface area contributed by atoms with Gasteiger partial charge in [-0.05, 0) is 62.8 Å². The maximum Gasteiger partial charge on any atom is 0.410 e. The highest BCUT2D eigenvalue weighted by Crippen LogP contribution is 2.36. The molecule has 126 valence electrons. The van der Waals surface area contributed by atoms with Crippen LogP contribution in [0.2, 0.25) is 0 Å². The van der Waals surface area contributed by atoms with Crippen LogP contribution in [0.4, 0.5) is 4.79 Å². The molecule has 1 atom stereocenters. The molecular formula is C18H24INO3. The van der Waals surface area contributed by atoms with Crippen LogP contribution in [0.5, 0.6) is 5.75 Å². The summed E-state index contributed by atoms with van der Waals surface area (Å²) in [5.74, 6) is 1.70. The number of fused-ring (bicyclic) bond motifs is 1. The van der Waals surface area contributed by atoms with Crippen molar-refractivity contribution in [2.45, 2.75) is 49.7 Å². The van der Waals surface area contributed by atoms with E-state index >= 15 is 0 Å². The first kappa shape index (κ1) is 16.9. The Morgan fingerprint density at radius 2 is 2.09 bits per heavy atom. The van der Waals surface area contributed by atoms with Crippen molar-refractivity contribution in [3.8, 4) is 5.75 Å². The molecule has 23 heavy (non-hydrogen) atoms. The number of amides is 1. The third kappa shape index (κ3) is 4.52. The maximum absolute atomic E-state index is 12.3. The summed E-state index contributed by atoms with van der Waals surface area (Å²) in [7, 11) is 0. The molecule has 3 rings (SSSR count). The SMILES string of the molecule is CC(C)(C)OC(=O)N1Cc2ccc(OCC3CC3)cc2C(I)C1. The lowest BCUT2D eigenvalue weighted by atomic mass is 9.99. The van der Waals surface area contributed by atoms with E-state index in [0.29, 0.717) is 13.1 Å². The van der Waals surface area contributed by atoms with Crippen molar-refractivity contribution < 1.29 is 14.3 Å². The molecule has 0 radical (unpaired) electrons. The molecule has 4 nitrogen and oxygen atoms in total. The Labute approximate surface area is 151 Å². The molecule has 1 aromatic rings. The molecule has 0 bridgehead atoms. The minimum absolute atomic E-state index is 0.237. The third-order valence-corrected chi connectivity index (χ3v) is 5.10. The van der Waals surface area contributed by atoms with Gasteiger partial charge in [0.1, 0.15) is 11.4 Å².